The van der Waals surface area contributed by atoms with Crippen molar-refractivity contribution in [3.63, 3.8) is 0 Å². The van der Waals surface area contributed by atoms with Gasteiger partial charge in [0.2, 0.25) is 0 Å². The minimum atomic E-state index is -0.853. The highest BCUT2D eigenvalue weighted by molar-refractivity contribution is 6.32. The number of aliphatic carboxylic acids is 1. The van der Waals surface area contributed by atoms with Crippen LogP contribution in [-0.2, 0) is 18.3 Å². The van der Waals surface area contributed by atoms with Gasteiger partial charge in [0.15, 0.2) is 0 Å². The number of pyridine rings is 1. The van der Waals surface area contributed by atoms with Gasteiger partial charge >= 0.3 is 5.97 Å². The minimum Gasteiger partial charge on any atom is -0.481 e. The molecule has 2 aromatic rings. The molecule has 0 aliphatic rings. The molecule has 0 saturated heterocycles. The van der Waals surface area contributed by atoms with Crippen LogP contribution >= 0.6 is 11.6 Å². The third-order valence-electron chi connectivity index (χ3n) is 2.59. The van der Waals surface area contributed by atoms with Crippen molar-refractivity contribution in [1.82, 2.24) is 14.5 Å². The Hall–Kier alpha value is -1.88. The van der Waals surface area contributed by atoms with Crippen LogP contribution in [0.25, 0.3) is 11.4 Å². The highest BCUT2D eigenvalue weighted by Crippen LogP contribution is 2.26. The molecule has 2 rings (SSSR count). The van der Waals surface area contributed by atoms with Crippen LogP contribution in [0, 0.1) is 0 Å². The van der Waals surface area contributed by atoms with E-state index in [1.807, 2.05) is 18.2 Å². The number of carbonyl (C=O) groups is 1. The molecule has 6 heteroatoms. The molecule has 0 atom stereocenters. The van der Waals surface area contributed by atoms with Crippen molar-refractivity contribution in [3.05, 3.63) is 35.4 Å². The van der Waals surface area contributed by atoms with E-state index in [-0.39, 0.29) is 6.42 Å². The van der Waals surface area contributed by atoms with E-state index in [1.165, 1.54) is 0 Å². The van der Waals surface area contributed by atoms with E-state index in [2.05, 4.69) is 9.97 Å². The van der Waals surface area contributed by atoms with Crippen LogP contribution in [0.15, 0.2) is 24.4 Å². The lowest BCUT2D eigenvalue weighted by molar-refractivity contribution is -0.137. The fourth-order valence-electron chi connectivity index (χ4n) is 1.63. The lowest BCUT2D eigenvalue weighted by Gasteiger charge is -1.99. The number of aryl methyl sites for hydroxylation is 1. The van der Waals surface area contributed by atoms with Crippen LogP contribution in [0.1, 0.15) is 12.2 Å². The summed E-state index contributed by atoms with van der Waals surface area (Å²) < 4.78 is 1.69. The van der Waals surface area contributed by atoms with Gasteiger partial charge in [0.1, 0.15) is 16.7 Å². The Labute approximate surface area is 109 Å². The molecule has 2 aromatic heterocycles. The molecule has 5 nitrogen and oxygen atoms in total. The first-order valence-electron chi connectivity index (χ1n) is 5.44. The Morgan fingerprint density at radius 2 is 2.28 bits per heavy atom. The molecule has 0 aliphatic carbocycles. The predicted molar refractivity (Wildman–Crippen MR) is 67.4 cm³/mol. The molecular formula is C12H12ClN3O2. The summed E-state index contributed by atoms with van der Waals surface area (Å²) in [5.74, 6) is -0.212. The molecule has 0 fully saturated rings. The summed E-state index contributed by atoms with van der Waals surface area (Å²) in [4.78, 5) is 19.1. The molecule has 0 unspecified atom stereocenters. The van der Waals surface area contributed by atoms with Gasteiger partial charge in [-0.05, 0) is 12.1 Å². The van der Waals surface area contributed by atoms with Crippen molar-refractivity contribution in [3.8, 4) is 11.4 Å². The highest BCUT2D eigenvalue weighted by atomic mass is 35.5. The number of carboxylic acid groups (broad SMARTS) is 1. The van der Waals surface area contributed by atoms with Crippen molar-refractivity contribution in [2.45, 2.75) is 12.8 Å². The molecule has 0 amide bonds. The van der Waals surface area contributed by atoms with Gasteiger partial charge in [0.05, 0.1) is 12.1 Å². The number of halogens is 1. The summed E-state index contributed by atoms with van der Waals surface area (Å²) in [7, 11) is 1.76. The van der Waals surface area contributed by atoms with E-state index in [9.17, 15) is 4.79 Å². The zero-order valence-electron chi connectivity index (χ0n) is 9.80. The minimum absolute atomic E-state index is 0.0306. The monoisotopic (exact) mass is 265 g/mol. The van der Waals surface area contributed by atoms with Crippen LogP contribution in [-0.4, -0.2) is 25.6 Å². The molecule has 18 heavy (non-hydrogen) atoms. The summed E-state index contributed by atoms with van der Waals surface area (Å²) in [5, 5.41) is 9.14. The number of hydrogen-bond donors (Lipinski definition) is 1. The second kappa shape index (κ2) is 5.18. The zero-order valence-corrected chi connectivity index (χ0v) is 10.6. The normalized spacial score (nSPS) is 10.6. The second-order valence-electron chi connectivity index (χ2n) is 3.84. The van der Waals surface area contributed by atoms with Crippen LogP contribution in [0.3, 0.4) is 0 Å². The van der Waals surface area contributed by atoms with Gasteiger partial charge < -0.3 is 9.67 Å². The Balaban J connectivity index is 2.33. The van der Waals surface area contributed by atoms with E-state index in [0.717, 1.165) is 0 Å². The summed E-state index contributed by atoms with van der Waals surface area (Å²) in [5.41, 5.74) is 1.26. The summed E-state index contributed by atoms with van der Waals surface area (Å²) in [6.07, 6.45) is 2.04. The molecule has 0 aromatic carbocycles. The standard InChI is InChI=1S/C12H12ClN3O2/c1-16-9(5-6-10(17)18)15-11(12(16)13)8-4-2-3-7-14-8/h2-4,7H,5-6H2,1H3,(H,17,18). The average Bonchev–Trinajstić information content (AvgIpc) is 2.65. The molecule has 0 bridgehead atoms. The predicted octanol–water partition coefficient (Wildman–Crippen LogP) is 2.15. The van der Waals surface area contributed by atoms with Gasteiger partial charge in [-0.15, -0.1) is 0 Å². The first kappa shape index (κ1) is 12.6. The van der Waals surface area contributed by atoms with Crippen molar-refractivity contribution < 1.29 is 9.90 Å². The summed E-state index contributed by atoms with van der Waals surface area (Å²) in [6, 6.07) is 5.48. The summed E-state index contributed by atoms with van der Waals surface area (Å²) in [6.45, 7) is 0. The third kappa shape index (κ3) is 2.51. The Morgan fingerprint density at radius 1 is 1.50 bits per heavy atom. The van der Waals surface area contributed by atoms with E-state index in [1.54, 1.807) is 17.8 Å². The van der Waals surface area contributed by atoms with Crippen molar-refractivity contribution in [2.24, 2.45) is 7.05 Å². The zero-order chi connectivity index (χ0) is 13.1. The first-order chi connectivity index (χ1) is 8.59. The number of hydrogen-bond acceptors (Lipinski definition) is 3. The number of imidazole rings is 1. The number of nitrogens with zero attached hydrogens (tertiary/aromatic N) is 3. The molecular weight excluding hydrogens is 254 g/mol. The number of aromatic nitrogens is 3. The summed E-state index contributed by atoms with van der Waals surface area (Å²) >= 11 is 6.18. The third-order valence-corrected chi connectivity index (χ3v) is 3.02. The lowest BCUT2D eigenvalue weighted by atomic mass is 10.3. The van der Waals surface area contributed by atoms with E-state index < -0.39 is 5.97 Å². The smallest absolute Gasteiger partial charge is 0.303 e. The Morgan fingerprint density at radius 3 is 2.89 bits per heavy atom. The van der Waals surface area contributed by atoms with Crippen LogP contribution < -0.4 is 0 Å². The molecule has 94 valence electrons. The maximum absolute atomic E-state index is 10.6. The quantitative estimate of drug-likeness (QED) is 0.920. The number of rotatable bonds is 4. The van der Waals surface area contributed by atoms with Gasteiger partial charge in [-0.3, -0.25) is 9.78 Å². The maximum Gasteiger partial charge on any atom is 0.303 e. The van der Waals surface area contributed by atoms with Crippen molar-refractivity contribution in [2.75, 3.05) is 0 Å². The Bertz CT molecular complexity index is 566. The van der Waals surface area contributed by atoms with Gasteiger partial charge in [0, 0.05) is 19.7 Å². The van der Waals surface area contributed by atoms with Gasteiger partial charge in [-0.2, -0.15) is 0 Å². The largest absolute Gasteiger partial charge is 0.481 e. The van der Waals surface area contributed by atoms with Gasteiger partial charge in [-0.1, -0.05) is 17.7 Å². The molecule has 0 aliphatic heterocycles. The van der Waals surface area contributed by atoms with Gasteiger partial charge in [-0.25, -0.2) is 4.98 Å². The van der Waals surface area contributed by atoms with Crippen LogP contribution in [0.5, 0.6) is 0 Å². The first-order valence-corrected chi connectivity index (χ1v) is 5.81. The fraction of sp³-hybridized carbons (Fsp3) is 0.250. The second-order valence-corrected chi connectivity index (χ2v) is 4.19. The fourth-order valence-corrected chi connectivity index (χ4v) is 1.87. The number of carboxylic acids is 1. The molecule has 0 radical (unpaired) electrons. The topological polar surface area (TPSA) is 68.0 Å². The molecule has 0 spiro atoms. The van der Waals surface area contributed by atoms with Crippen LogP contribution in [0.4, 0.5) is 0 Å². The Kier molecular flexibility index (Phi) is 3.62. The van der Waals surface area contributed by atoms with E-state index >= 15 is 0 Å². The highest BCUT2D eigenvalue weighted by Gasteiger charge is 2.15. The SMILES string of the molecule is Cn1c(CCC(=O)O)nc(-c2ccccn2)c1Cl. The van der Waals surface area contributed by atoms with Crippen molar-refractivity contribution >= 4 is 17.6 Å². The van der Waals surface area contributed by atoms with E-state index in [4.69, 9.17) is 16.7 Å². The molecule has 0 saturated carbocycles. The van der Waals surface area contributed by atoms with Gasteiger partial charge in [0.25, 0.3) is 0 Å². The van der Waals surface area contributed by atoms with E-state index in [0.29, 0.717) is 28.8 Å². The maximum atomic E-state index is 10.6. The lowest BCUT2D eigenvalue weighted by Crippen LogP contribution is -2.03. The van der Waals surface area contributed by atoms with Crippen molar-refractivity contribution in [1.29, 1.82) is 0 Å². The molecule has 2 heterocycles. The average molecular weight is 266 g/mol. The van der Waals surface area contributed by atoms with Crippen LogP contribution in [0.2, 0.25) is 5.15 Å². The molecule has 1 N–H and O–H groups in total.